The first-order chi connectivity index (χ1) is 10.3. The van der Waals surface area contributed by atoms with E-state index in [-0.39, 0.29) is 0 Å². The van der Waals surface area contributed by atoms with Crippen molar-refractivity contribution < 1.29 is 4.74 Å². The Bertz CT molecular complexity index is 690. The number of ether oxygens (including phenoxy) is 1. The van der Waals surface area contributed by atoms with Gasteiger partial charge in [-0.05, 0) is 35.9 Å². The molecule has 0 saturated carbocycles. The molecule has 0 unspecified atom stereocenters. The number of benzene rings is 2. The minimum Gasteiger partial charge on any atom is -0.489 e. The van der Waals surface area contributed by atoms with Gasteiger partial charge in [-0.1, -0.05) is 30.3 Å². The summed E-state index contributed by atoms with van der Waals surface area (Å²) in [7, 11) is 0. The van der Waals surface area contributed by atoms with Crippen molar-refractivity contribution in [3.05, 3.63) is 71.9 Å². The summed E-state index contributed by atoms with van der Waals surface area (Å²) >= 11 is 0. The normalized spacial score (nSPS) is 10.5. The van der Waals surface area contributed by atoms with Crippen molar-refractivity contribution in [2.75, 3.05) is 0 Å². The van der Waals surface area contributed by atoms with Crippen LogP contribution in [0.15, 0.2) is 60.7 Å². The minimum absolute atomic E-state index is 0.464. The standard InChI is InChI=1S/C17H17N3O/c18-11-15-10-17(20-19-15)14-6-8-16(9-7-14)21-12-13-4-2-1-3-5-13/h1-10H,11-12,18H2,(H,19,20). The van der Waals surface area contributed by atoms with Crippen LogP contribution in [0.25, 0.3) is 11.3 Å². The quantitative estimate of drug-likeness (QED) is 0.754. The van der Waals surface area contributed by atoms with Crippen LogP contribution in [0, 0.1) is 0 Å². The van der Waals surface area contributed by atoms with E-state index in [1.54, 1.807) is 0 Å². The average Bonchev–Trinajstić information content (AvgIpc) is 3.03. The SMILES string of the molecule is NCc1cc(-c2ccc(OCc3ccccc3)cc2)n[nH]1. The molecule has 0 bridgehead atoms. The van der Waals surface area contributed by atoms with E-state index in [0.29, 0.717) is 13.2 Å². The van der Waals surface area contributed by atoms with E-state index in [4.69, 9.17) is 10.5 Å². The molecule has 21 heavy (non-hydrogen) atoms. The number of nitrogens with one attached hydrogen (secondary N) is 1. The van der Waals surface area contributed by atoms with E-state index < -0.39 is 0 Å². The second-order valence-electron chi connectivity index (χ2n) is 4.78. The van der Waals surface area contributed by atoms with E-state index in [2.05, 4.69) is 10.2 Å². The Balaban J connectivity index is 1.66. The van der Waals surface area contributed by atoms with Crippen LogP contribution < -0.4 is 10.5 Å². The molecule has 4 heteroatoms. The molecular weight excluding hydrogens is 262 g/mol. The maximum absolute atomic E-state index is 5.76. The van der Waals surface area contributed by atoms with Crippen LogP contribution in [-0.2, 0) is 13.2 Å². The largest absolute Gasteiger partial charge is 0.489 e. The summed E-state index contributed by atoms with van der Waals surface area (Å²) < 4.78 is 5.76. The molecule has 0 aliphatic heterocycles. The van der Waals surface area contributed by atoms with E-state index in [0.717, 1.165) is 28.3 Å². The van der Waals surface area contributed by atoms with Crippen LogP contribution >= 0.6 is 0 Å². The third-order valence-corrected chi connectivity index (χ3v) is 3.25. The molecule has 0 spiro atoms. The number of hydrogen-bond donors (Lipinski definition) is 2. The molecule has 3 rings (SSSR count). The number of nitrogens with two attached hydrogens (primary N) is 1. The number of H-pyrrole nitrogens is 1. The van der Waals surface area contributed by atoms with Gasteiger partial charge in [0.05, 0.1) is 5.69 Å². The minimum atomic E-state index is 0.464. The molecule has 0 aliphatic carbocycles. The first-order valence-electron chi connectivity index (χ1n) is 6.86. The van der Waals surface area contributed by atoms with Crippen molar-refractivity contribution in [1.82, 2.24) is 10.2 Å². The maximum Gasteiger partial charge on any atom is 0.119 e. The Morgan fingerprint density at radius 2 is 1.76 bits per heavy atom. The predicted octanol–water partition coefficient (Wildman–Crippen LogP) is 3.11. The average molecular weight is 279 g/mol. The van der Waals surface area contributed by atoms with Gasteiger partial charge in [-0.3, -0.25) is 5.10 Å². The van der Waals surface area contributed by atoms with Crippen molar-refractivity contribution in [3.63, 3.8) is 0 Å². The highest BCUT2D eigenvalue weighted by Crippen LogP contribution is 2.21. The zero-order chi connectivity index (χ0) is 14.5. The fourth-order valence-electron chi connectivity index (χ4n) is 2.08. The molecular formula is C17H17N3O. The van der Waals surface area contributed by atoms with Crippen LogP contribution in [0.1, 0.15) is 11.3 Å². The lowest BCUT2D eigenvalue weighted by atomic mass is 10.1. The van der Waals surface area contributed by atoms with Gasteiger partial charge in [-0.25, -0.2) is 0 Å². The predicted molar refractivity (Wildman–Crippen MR) is 82.7 cm³/mol. The van der Waals surface area contributed by atoms with Gasteiger partial charge in [0, 0.05) is 17.8 Å². The Hall–Kier alpha value is -2.59. The van der Waals surface area contributed by atoms with Crippen molar-refractivity contribution in [3.8, 4) is 17.0 Å². The number of aromatic amines is 1. The van der Waals surface area contributed by atoms with Gasteiger partial charge in [0.1, 0.15) is 12.4 Å². The van der Waals surface area contributed by atoms with Crippen molar-refractivity contribution in [1.29, 1.82) is 0 Å². The third-order valence-electron chi connectivity index (χ3n) is 3.25. The molecule has 2 aromatic carbocycles. The summed E-state index contributed by atoms with van der Waals surface area (Å²) in [5.74, 6) is 0.845. The van der Waals surface area contributed by atoms with Crippen LogP contribution in [0.4, 0.5) is 0 Å². The van der Waals surface area contributed by atoms with E-state index in [9.17, 15) is 0 Å². The fraction of sp³-hybridized carbons (Fsp3) is 0.118. The monoisotopic (exact) mass is 279 g/mol. The summed E-state index contributed by atoms with van der Waals surface area (Å²) in [5.41, 5.74) is 9.58. The molecule has 0 amide bonds. The molecule has 1 heterocycles. The number of hydrogen-bond acceptors (Lipinski definition) is 3. The molecule has 0 atom stereocenters. The summed E-state index contributed by atoms with van der Waals surface area (Å²) in [6.07, 6.45) is 0. The van der Waals surface area contributed by atoms with Gasteiger partial charge in [0.25, 0.3) is 0 Å². The van der Waals surface area contributed by atoms with E-state index >= 15 is 0 Å². The summed E-state index contributed by atoms with van der Waals surface area (Å²) in [6, 6.07) is 20.0. The number of nitrogens with zero attached hydrogens (tertiary/aromatic N) is 1. The third kappa shape index (κ3) is 3.30. The summed E-state index contributed by atoms with van der Waals surface area (Å²) in [4.78, 5) is 0. The van der Waals surface area contributed by atoms with Crippen LogP contribution in [0.5, 0.6) is 5.75 Å². The van der Waals surface area contributed by atoms with Crippen LogP contribution in [0.3, 0.4) is 0 Å². The fourth-order valence-corrected chi connectivity index (χ4v) is 2.08. The highest BCUT2D eigenvalue weighted by Gasteiger charge is 2.03. The Kier molecular flexibility index (Phi) is 3.98. The maximum atomic E-state index is 5.76. The highest BCUT2D eigenvalue weighted by molar-refractivity contribution is 5.60. The highest BCUT2D eigenvalue weighted by atomic mass is 16.5. The molecule has 106 valence electrons. The Morgan fingerprint density at radius 1 is 1.00 bits per heavy atom. The molecule has 0 saturated heterocycles. The van der Waals surface area contributed by atoms with Gasteiger partial charge in [-0.2, -0.15) is 5.10 Å². The zero-order valence-corrected chi connectivity index (χ0v) is 11.6. The Labute approximate surface area is 123 Å². The zero-order valence-electron chi connectivity index (χ0n) is 11.6. The first kappa shape index (κ1) is 13.4. The lowest BCUT2D eigenvalue weighted by Crippen LogP contribution is -1.95. The second kappa shape index (κ2) is 6.24. The molecule has 3 N–H and O–H groups in total. The second-order valence-corrected chi connectivity index (χ2v) is 4.78. The van der Waals surface area contributed by atoms with Crippen LogP contribution in [0.2, 0.25) is 0 Å². The number of aromatic nitrogens is 2. The van der Waals surface area contributed by atoms with Crippen molar-refractivity contribution in [2.45, 2.75) is 13.2 Å². The Morgan fingerprint density at radius 3 is 2.43 bits per heavy atom. The van der Waals surface area contributed by atoms with Gasteiger partial charge in [0.15, 0.2) is 0 Å². The summed E-state index contributed by atoms with van der Waals surface area (Å²) in [5, 5.41) is 7.14. The molecule has 0 aliphatic rings. The van der Waals surface area contributed by atoms with Gasteiger partial charge >= 0.3 is 0 Å². The van der Waals surface area contributed by atoms with Crippen molar-refractivity contribution in [2.24, 2.45) is 5.73 Å². The molecule has 0 radical (unpaired) electrons. The van der Waals surface area contributed by atoms with Crippen molar-refractivity contribution >= 4 is 0 Å². The van der Waals surface area contributed by atoms with Crippen LogP contribution in [-0.4, -0.2) is 10.2 Å². The van der Waals surface area contributed by atoms with E-state index in [1.807, 2.05) is 60.7 Å². The molecule has 3 aromatic rings. The van der Waals surface area contributed by atoms with Gasteiger partial charge in [-0.15, -0.1) is 0 Å². The van der Waals surface area contributed by atoms with Gasteiger partial charge in [0.2, 0.25) is 0 Å². The molecule has 0 fully saturated rings. The topological polar surface area (TPSA) is 63.9 Å². The first-order valence-corrected chi connectivity index (χ1v) is 6.86. The lowest BCUT2D eigenvalue weighted by molar-refractivity contribution is 0.306. The van der Waals surface area contributed by atoms with Gasteiger partial charge < -0.3 is 10.5 Å². The summed E-state index contributed by atoms with van der Waals surface area (Å²) in [6.45, 7) is 1.03. The van der Waals surface area contributed by atoms with E-state index in [1.165, 1.54) is 0 Å². The lowest BCUT2D eigenvalue weighted by Gasteiger charge is -2.06. The molecule has 1 aromatic heterocycles. The smallest absolute Gasteiger partial charge is 0.119 e. The number of rotatable bonds is 5. The molecule has 4 nitrogen and oxygen atoms in total.